The Labute approximate surface area is 123 Å². The van der Waals surface area contributed by atoms with Crippen LogP contribution in [-0.4, -0.2) is 32.5 Å². The highest BCUT2D eigenvalue weighted by molar-refractivity contribution is 7.89. The van der Waals surface area contributed by atoms with E-state index in [4.69, 9.17) is 0 Å². The molecule has 1 fully saturated rings. The second-order valence-corrected chi connectivity index (χ2v) is 6.11. The van der Waals surface area contributed by atoms with Crippen LogP contribution in [0.5, 0.6) is 0 Å². The van der Waals surface area contributed by atoms with E-state index in [0.29, 0.717) is 0 Å². The highest BCUT2D eigenvalue weighted by atomic mass is 35.5. The van der Waals surface area contributed by atoms with Crippen molar-refractivity contribution >= 4 is 28.1 Å². The van der Waals surface area contributed by atoms with Gasteiger partial charge in [-0.25, -0.2) is 13.1 Å². The second kappa shape index (κ2) is 6.98. The first-order valence-electron chi connectivity index (χ1n) is 5.97. The monoisotopic (exact) mass is 321 g/mol. The van der Waals surface area contributed by atoms with Crippen molar-refractivity contribution in [3.63, 3.8) is 0 Å². The summed E-state index contributed by atoms with van der Waals surface area (Å²) in [5, 5.41) is 14.0. The maximum Gasteiger partial charge on any atom is 0.289 e. The van der Waals surface area contributed by atoms with Crippen LogP contribution >= 0.6 is 12.4 Å². The first kappa shape index (κ1) is 16.8. The van der Waals surface area contributed by atoms with Gasteiger partial charge in [-0.15, -0.1) is 12.4 Å². The number of halogens is 1. The molecule has 2 rings (SSSR count). The third-order valence-electron chi connectivity index (χ3n) is 3.03. The molecule has 1 aliphatic heterocycles. The molecule has 1 unspecified atom stereocenters. The van der Waals surface area contributed by atoms with E-state index >= 15 is 0 Å². The maximum absolute atomic E-state index is 12.1. The minimum absolute atomic E-state index is 0. The minimum Gasteiger partial charge on any atom is -0.313 e. The fourth-order valence-electron chi connectivity index (χ4n) is 2.05. The van der Waals surface area contributed by atoms with Gasteiger partial charge < -0.3 is 5.32 Å². The van der Waals surface area contributed by atoms with Crippen molar-refractivity contribution in [3.8, 4) is 0 Å². The van der Waals surface area contributed by atoms with Gasteiger partial charge in [0.1, 0.15) is 0 Å². The van der Waals surface area contributed by atoms with E-state index in [1.165, 1.54) is 24.3 Å². The van der Waals surface area contributed by atoms with Gasteiger partial charge in [-0.05, 0) is 25.5 Å². The molecular weight excluding hydrogens is 306 g/mol. The quantitative estimate of drug-likeness (QED) is 0.623. The number of hydrogen-bond donors (Lipinski definition) is 2. The minimum atomic E-state index is -3.86. The average Bonchev–Trinajstić information content (AvgIpc) is 2.89. The standard InChI is InChI=1S/C11H15N3O4S.ClH/c15-14(16)10-5-1-2-6-11(10)19(17,18)13-8-9-4-3-7-12-9;/h1-2,5-6,9,12-13H,3-4,7-8H2;1H. The van der Waals surface area contributed by atoms with E-state index in [0.717, 1.165) is 19.4 Å². The Morgan fingerprint density at radius 2 is 2.10 bits per heavy atom. The average molecular weight is 322 g/mol. The number of para-hydroxylation sites is 1. The Bertz CT molecular complexity index is 573. The molecular formula is C11H16ClN3O4S. The molecule has 1 saturated heterocycles. The Morgan fingerprint density at radius 3 is 2.70 bits per heavy atom. The molecule has 20 heavy (non-hydrogen) atoms. The Balaban J connectivity index is 0.00000200. The molecule has 0 amide bonds. The van der Waals surface area contributed by atoms with Crippen molar-refractivity contribution in [2.45, 2.75) is 23.8 Å². The number of rotatable bonds is 5. The molecule has 9 heteroatoms. The van der Waals surface area contributed by atoms with Gasteiger partial charge in [-0.1, -0.05) is 12.1 Å². The van der Waals surface area contributed by atoms with Gasteiger partial charge >= 0.3 is 0 Å². The second-order valence-electron chi connectivity index (χ2n) is 4.37. The van der Waals surface area contributed by atoms with Crippen molar-refractivity contribution in [2.75, 3.05) is 13.1 Å². The third-order valence-corrected chi connectivity index (χ3v) is 4.50. The number of nitro benzene ring substituents is 1. The molecule has 1 heterocycles. The summed E-state index contributed by atoms with van der Waals surface area (Å²) in [7, 11) is -3.86. The van der Waals surface area contributed by atoms with Crippen molar-refractivity contribution in [3.05, 3.63) is 34.4 Å². The zero-order chi connectivity index (χ0) is 13.9. The molecule has 7 nitrogen and oxygen atoms in total. The molecule has 0 aliphatic carbocycles. The van der Waals surface area contributed by atoms with Crippen LogP contribution in [0, 0.1) is 10.1 Å². The number of nitrogens with one attached hydrogen (secondary N) is 2. The SMILES string of the molecule is Cl.O=[N+]([O-])c1ccccc1S(=O)(=O)NCC1CCCN1. The maximum atomic E-state index is 12.1. The van der Waals surface area contributed by atoms with Crippen LogP contribution in [0.3, 0.4) is 0 Å². The number of nitro groups is 1. The molecule has 0 saturated carbocycles. The number of nitrogens with zero attached hydrogens (tertiary/aromatic N) is 1. The van der Waals surface area contributed by atoms with Gasteiger partial charge in [0.05, 0.1) is 4.92 Å². The molecule has 1 aliphatic rings. The summed E-state index contributed by atoms with van der Waals surface area (Å²) in [6.07, 6.45) is 1.91. The normalized spacial score (nSPS) is 18.5. The summed E-state index contributed by atoms with van der Waals surface area (Å²) in [4.78, 5) is 9.84. The summed E-state index contributed by atoms with van der Waals surface area (Å²) in [6.45, 7) is 1.12. The molecule has 1 atom stereocenters. The van der Waals surface area contributed by atoms with Gasteiger partial charge in [0.25, 0.3) is 5.69 Å². The van der Waals surface area contributed by atoms with Crippen LogP contribution in [0.2, 0.25) is 0 Å². The topological polar surface area (TPSA) is 101 Å². The number of benzene rings is 1. The van der Waals surface area contributed by atoms with Crippen LogP contribution in [-0.2, 0) is 10.0 Å². The van der Waals surface area contributed by atoms with E-state index in [-0.39, 0.29) is 29.9 Å². The van der Waals surface area contributed by atoms with E-state index < -0.39 is 20.6 Å². The van der Waals surface area contributed by atoms with Crippen LogP contribution < -0.4 is 10.0 Å². The zero-order valence-corrected chi connectivity index (χ0v) is 12.2. The lowest BCUT2D eigenvalue weighted by Crippen LogP contribution is -2.37. The summed E-state index contributed by atoms with van der Waals surface area (Å²) < 4.78 is 26.6. The predicted molar refractivity (Wildman–Crippen MR) is 76.6 cm³/mol. The molecule has 0 aromatic heterocycles. The van der Waals surface area contributed by atoms with Gasteiger partial charge in [0.15, 0.2) is 4.90 Å². The molecule has 0 spiro atoms. The van der Waals surface area contributed by atoms with Crippen molar-refractivity contribution in [2.24, 2.45) is 0 Å². The molecule has 2 N–H and O–H groups in total. The van der Waals surface area contributed by atoms with Crippen molar-refractivity contribution in [1.82, 2.24) is 10.0 Å². The predicted octanol–water partition coefficient (Wildman–Crippen LogP) is 1.05. The lowest BCUT2D eigenvalue weighted by molar-refractivity contribution is -0.387. The van der Waals surface area contributed by atoms with Crippen molar-refractivity contribution < 1.29 is 13.3 Å². The molecule has 0 bridgehead atoms. The van der Waals surface area contributed by atoms with Gasteiger partial charge in [0, 0.05) is 18.7 Å². The Hall–Kier alpha value is -1.22. The summed E-state index contributed by atoms with van der Waals surface area (Å²) in [5.41, 5.74) is -0.408. The first-order chi connectivity index (χ1) is 9.00. The van der Waals surface area contributed by atoms with Crippen molar-refractivity contribution in [1.29, 1.82) is 0 Å². The zero-order valence-electron chi connectivity index (χ0n) is 10.6. The molecule has 112 valence electrons. The van der Waals surface area contributed by atoms with Crippen LogP contribution in [0.1, 0.15) is 12.8 Å². The fraction of sp³-hybridized carbons (Fsp3) is 0.455. The summed E-state index contributed by atoms with van der Waals surface area (Å²) >= 11 is 0. The highest BCUT2D eigenvalue weighted by Gasteiger charge is 2.26. The van der Waals surface area contributed by atoms with E-state index in [9.17, 15) is 18.5 Å². The van der Waals surface area contributed by atoms with Crippen LogP contribution in [0.25, 0.3) is 0 Å². The Morgan fingerprint density at radius 1 is 1.40 bits per heavy atom. The largest absolute Gasteiger partial charge is 0.313 e. The van der Waals surface area contributed by atoms with Crippen LogP contribution in [0.15, 0.2) is 29.2 Å². The van der Waals surface area contributed by atoms with Gasteiger partial charge in [-0.3, -0.25) is 10.1 Å². The summed E-state index contributed by atoms with van der Waals surface area (Å²) in [6, 6.07) is 5.42. The highest BCUT2D eigenvalue weighted by Crippen LogP contribution is 2.22. The fourth-order valence-corrected chi connectivity index (χ4v) is 3.31. The van der Waals surface area contributed by atoms with E-state index in [1.807, 2.05) is 0 Å². The van der Waals surface area contributed by atoms with E-state index in [2.05, 4.69) is 10.0 Å². The molecule has 0 radical (unpaired) electrons. The third kappa shape index (κ3) is 3.89. The summed E-state index contributed by atoms with van der Waals surface area (Å²) in [5.74, 6) is 0. The Kier molecular flexibility index (Phi) is 5.88. The lowest BCUT2D eigenvalue weighted by Gasteiger charge is -2.12. The number of hydrogen-bond acceptors (Lipinski definition) is 5. The first-order valence-corrected chi connectivity index (χ1v) is 7.45. The smallest absolute Gasteiger partial charge is 0.289 e. The van der Waals surface area contributed by atoms with Gasteiger partial charge in [0.2, 0.25) is 10.0 Å². The number of sulfonamides is 1. The lowest BCUT2D eigenvalue weighted by atomic mass is 10.2. The molecule has 1 aromatic carbocycles. The van der Waals surface area contributed by atoms with E-state index in [1.54, 1.807) is 0 Å². The van der Waals surface area contributed by atoms with Gasteiger partial charge in [-0.2, -0.15) is 0 Å². The van der Waals surface area contributed by atoms with Crippen LogP contribution in [0.4, 0.5) is 5.69 Å². The molecule has 1 aromatic rings.